The van der Waals surface area contributed by atoms with E-state index in [4.69, 9.17) is 10.2 Å². The number of nitrogen functional groups attached to an aromatic ring is 1. The van der Waals surface area contributed by atoms with Crippen LogP contribution >= 0.6 is 0 Å². The summed E-state index contributed by atoms with van der Waals surface area (Å²) >= 11 is 0. The van der Waals surface area contributed by atoms with Crippen molar-refractivity contribution in [3.05, 3.63) is 64.3 Å². The van der Waals surface area contributed by atoms with Crippen molar-refractivity contribution in [3.63, 3.8) is 0 Å². The molecule has 2 N–H and O–H groups in total. The van der Waals surface area contributed by atoms with Gasteiger partial charge in [-0.15, -0.1) is 0 Å². The van der Waals surface area contributed by atoms with Crippen molar-refractivity contribution in [1.82, 2.24) is 19.5 Å². The fourth-order valence-electron chi connectivity index (χ4n) is 2.84. The molecule has 132 valence electrons. The highest BCUT2D eigenvalue weighted by molar-refractivity contribution is 5.87. The number of nitrogens with zero attached hydrogens (tertiary/aromatic N) is 5. The monoisotopic (exact) mass is 358 g/mol. The van der Waals surface area contributed by atoms with Crippen LogP contribution in [0.3, 0.4) is 0 Å². The first kappa shape index (κ1) is 16.5. The number of nitrogens with two attached hydrogens (primary N) is 1. The summed E-state index contributed by atoms with van der Waals surface area (Å²) < 4.78 is 6.96. The molecule has 3 aromatic rings. The number of anilines is 1. The van der Waals surface area contributed by atoms with Crippen molar-refractivity contribution in [1.29, 1.82) is 5.26 Å². The number of hydrogen-bond acceptors (Lipinski definition) is 7. The number of furan rings is 1. The highest BCUT2D eigenvalue weighted by atomic mass is 16.3. The van der Waals surface area contributed by atoms with Crippen molar-refractivity contribution in [2.45, 2.75) is 6.92 Å². The van der Waals surface area contributed by atoms with E-state index >= 15 is 0 Å². The summed E-state index contributed by atoms with van der Waals surface area (Å²) in [6, 6.07) is 5.74. The Morgan fingerprint density at radius 2 is 2.19 bits per heavy atom. The maximum Gasteiger partial charge on any atom is 0.274 e. The molecule has 0 amide bonds. The minimum absolute atomic E-state index is 0.0120. The first-order valence-electron chi connectivity index (χ1n) is 8.14. The molecule has 0 spiro atoms. The van der Waals surface area contributed by atoms with Crippen molar-refractivity contribution in [3.8, 4) is 17.5 Å². The van der Waals surface area contributed by atoms with Crippen molar-refractivity contribution < 1.29 is 4.42 Å². The number of aromatic nitrogens is 4. The maximum atomic E-state index is 12.5. The second kappa shape index (κ2) is 6.38. The fourth-order valence-corrected chi connectivity index (χ4v) is 2.84. The molecule has 3 aromatic heterocycles. The molecule has 0 aromatic carbocycles. The van der Waals surface area contributed by atoms with Crippen LogP contribution in [-0.2, 0) is 0 Å². The molecule has 0 saturated carbocycles. The van der Waals surface area contributed by atoms with Gasteiger partial charge in [0.25, 0.3) is 5.56 Å². The number of hydrogen-bond donors (Lipinski definition) is 1. The van der Waals surface area contributed by atoms with Gasteiger partial charge in [-0.3, -0.25) is 9.36 Å². The van der Waals surface area contributed by atoms with E-state index in [1.807, 2.05) is 6.92 Å². The Morgan fingerprint density at radius 1 is 1.33 bits per heavy atom. The Labute approximate surface area is 153 Å². The Hall–Kier alpha value is -3.99. The normalized spacial score (nSPS) is 17.5. The lowest BCUT2D eigenvalue weighted by Crippen LogP contribution is -2.19. The number of fused-ring (bicyclic) bond motifs is 1. The first-order chi connectivity index (χ1) is 13.1. The summed E-state index contributed by atoms with van der Waals surface area (Å²) in [7, 11) is 0. The number of rotatable bonds is 2. The SMILES string of the molecule is Cc1ccc(-c2nc(N)nc3c2ncc(=O)n3C=C2C=CC=CC2C#N)o1. The summed E-state index contributed by atoms with van der Waals surface area (Å²) in [4.78, 5) is 25.1. The molecule has 1 unspecified atom stereocenters. The zero-order valence-corrected chi connectivity index (χ0v) is 14.3. The number of aryl methyl sites for hydroxylation is 1. The van der Waals surface area contributed by atoms with Gasteiger partial charge < -0.3 is 10.2 Å². The molecule has 0 fully saturated rings. The highest BCUT2D eigenvalue weighted by Gasteiger charge is 2.17. The quantitative estimate of drug-likeness (QED) is 0.746. The van der Waals surface area contributed by atoms with Gasteiger partial charge in [-0.1, -0.05) is 24.3 Å². The van der Waals surface area contributed by atoms with Gasteiger partial charge in [-0.2, -0.15) is 10.2 Å². The third kappa shape index (κ3) is 2.91. The van der Waals surface area contributed by atoms with Gasteiger partial charge in [-0.25, -0.2) is 9.97 Å². The molecule has 1 aliphatic carbocycles. The standard InChI is InChI=1S/C19H14N6O2/c1-11-6-7-14(27-11)16-17-18(24-19(21)23-16)25(15(26)9-22-17)10-13-5-3-2-4-12(13)8-20/h2-7,9-10,12H,1H3,(H2,21,23,24). The summed E-state index contributed by atoms with van der Waals surface area (Å²) in [6.07, 6.45) is 9.87. The van der Waals surface area contributed by atoms with Gasteiger partial charge in [0.1, 0.15) is 17.0 Å². The smallest absolute Gasteiger partial charge is 0.274 e. The van der Waals surface area contributed by atoms with Crippen molar-refractivity contribution >= 4 is 23.3 Å². The van der Waals surface area contributed by atoms with E-state index in [-0.39, 0.29) is 11.6 Å². The molecule has 0 radical (unpaired) electrons. The van der Waals surface area contributed by atoms with E-state index in [2.05, 4.69) is 21.0 Å². The molecule has 0 bridgehead atoms. The maximum absolute atomic E-state index is 12.5. The van der Waals surface area contributed by atoms with Crippen LogP contribution in [0.2, 0.25) is 0 Å². The third-order valence-corrected chi connectivity index (χ3v) is 4.11. The summed E-state index contributed by atoms with van der Waals surface area (Å²) in [6.45, 7) is 1.81. The van der Waals surface area contributed by atoms with Gasteiger partial charge in [0, 0.05) is 6.20 Å². The average molecular weight is 358 g/mol. The van der Waals surface area contributed by atoms with Gasteiger partial charge in [0.05, 0.1) is 18.2 Å². The van der Waals surface area contributed by atoms with Crippen LogP contribution in [0, 0.1) is 24.2 Å². The van der Waals surface area contributed by atoms with Crippen LogP contribution in [0.1, 0.15) is 5.76 Å². The van der Waals surface area contributed by atoms with E-state index < -0.39 is 11.5 Å². The molecule has 27 heavy (non-hydrogen) atoms. The van der Waals surface area contributed by atoms with Crippen LogP contribution in [0.4, 0.5) is 5.95 Å². The van der Waals surface area contributed by atoms with Crippen LogP contribution in [0.15, 0.2) is 57.4 Å². The minimum atomic E-state index is -0.462. The second-order valence-corrected chi connectivity index (χ2v) is 5.96. The van der Waals surface area contributed by atoms with Gasteiger partial charge in [0.15, 0.2) is 11.4 Å². The van der Waals surface area contributed by atoms with E-state index in [1.165, 1.54) is 10.8 Å². The first-order valence-corrected chi connectivity index (χ1v) is 8.14. The van der Waals surface area contributed by atoms with Crippen molar-refractivity contribution in [2.24, 2.45) is 5.92 Å². The summed E-state index contributed by atoms with van der Waals surface area (Å²) in [5.74, 6) is 0.715. The minimum Gasteiger partial charge on any atom is -0.460 e. The number of allylic oxidation sites excluding steroid dienone is 5. The molecular formula is C19H14N6O2. The summed E-state index contributed by atoms with van der Waals surface area (Å²) in [5, 5.41) is 9.33. The highest BCUT2D eigenvalue weighted by Crippen LogP contribution is 2.27. The van der Waals surface area contributed by atoms with Gasteiger partial charge in [-0.05, 0) is 24.6 Å². The predicted octanol–water partition coefficient (Wildman–Crippen LogP) is 2.44. The molecule has 8 heteroatoms. The number of nitriles is 1. The van der Waals surface area contributed by atoms with E-state index in [0.717, 1.165) is 0 Å². The predicted molar refractivity (Wildman–Crippen MR) is 100 cm³/mol. The van der Waals surface area contributed by atoms with Crippen LogP contribution in [0.25, 0.3) is 28.8 Å². The Kier molecular flexibility index (Phi) is 3.90. The van der Waals surface area contributed by atoms with E-state index in [9.17, 15) is 10.1 Å². The molecule has 0 aliphatic heterocycles. The molecule has 8 nitrogen and oxygen atoms in total. The van der Waals surface area contributed by atoms with Crippen molar-refractivity contribution in [2.75, 3.05) is 5.73 Å². The lowest BCUT2D eigenvalue weighted by molar-refractivity contribution is 0.547. The molecular weight excluding hydrogens is 344 g/mol. The lowest BCUT2D eigenvalue weighted by atomic mass is 9.97. The topological polar surface area (TPSA) is 124 Å². The van der Waals surface area contributed by atoms with E-state index in [1.54, 1.807) is 42.6 Å². The molecule has 0 saturated heterocycles. The Bertz CT molecular complexity index is 1240. The largest absolute Gasteiger partial charge is 0.460 e. The summed E-state index contributed by atoms with van der Waals surface area (Å²) in [5.41, 5.74) is 7.14. The Morgan fingerprint density at radius 3 is 2.93 bits per heavy atom. The molecule has 1 atom stereocenters. The zero-order chi connectivity index (χ0) is 19.0. The molecule has 4 rings (SSSR count). The third-order valence-electron chi connectivity index (χ3n) is 4.11. The van der Waals surface area contributed by atoms with Gasteiger partial charge in [0.2, 0.25) is 5.95 Å². The molecule has 1 aliphatic rings. The van der Waals surface area contributed by atoms with Crippen LogP contribution < -0.4 is 11.3 Å². The fraction of sp³-hybridized carbons (Fsp3) is 0.105. The molecule has 3 heterocycles. The van der Waals surface area contributed by atoms with E-state index in [0.29, 0.717) is 28.3 Å². The zero-order valence-electron chi connectivity index (χ0n) is 14.3. The lowest BCUT2D eigenvalue weighted by Gasteiger charge is -2.12. The average Bonchev–Trinajstić information content (AvgIpc) is 3.10. The Balaban J connectivity index is 2.00. The van der Waals surface area contributed by atoms with Crippen LogP contribution in [0.5, 0.6) is 0 Å². The second-order valence-electron chi connectivity index (χ2n) is 5.96. The van der Waals surface area contributed by atoms with Gasteiger partial charge >= 0.3 is 0 Å². The van der Waals surface area contributed by atoms with Crippen LogP contribution in [-0.4, -0.2) is 19.5 Å².